The molecule has 0 aliphatic rings. The zero-order valence-corrected chi connectivity index (χ0v) is 11.8. The Balaban J connectivity index is 2.23. The summed E-state index contributed by atoms with van der Waals surface area (Å²) in [5.74, 6) is -0.864. The molecular weight excluding hydrogens is 311 g/mol. The Morgan fingerprint density at radius 1 is 1.26 bits per heavy atom. The molecule has 0 unspecified atom stereocenters. The standard InChI is InChI=1S/C14H12BrFN2O/c1-8-2-4-10(11(15)6-8)14(19)18-9-3-5-13(17)12(16)7-9/h2-7H,17H2,1H3,(H,18,19). The van der Waals surface area contributed by atoms with E-state index in [-0.39, 0.29) is 11.6 Å². The van der Waals surface area contributed by atoms with Crippen molar-refractivity contribution in [1.82, 2.24) is 0 Å². The predicted molar refractivity (Wildman–Crippen MR) is 77.6 cm³/mol. The van der Waals surface area contributed by atoms with Crippen molar-refractivity contribution in [1.29, 1.82) is 0 Å². The van der Waals surface area contributed by atoms with Gasteiger partial charge in [0.1, 0.15) is 5.82 Å². The third-order valence-corrected chi connectivity index (χ3v) is 3.28. The number of rotatable bonds is 2. The molecule has 2 aromatic carbocycles. The second-order valence-corrected chi connectivity index (χ2v) is 5.03. The van der Waals surface area contributed by atoms with E-state index in [1.54, 1.807) is 12.1 Å². The summed E-state index contributed by atoms with van der Waals surface area (Å²) in [4.78, 5) is 12.0. The van der Waals surface area contributed by atoms with Crippen molar-refractivity contribution < 1.29 is 9.18 Å². The first-order chi connectivity index (χ1) is 8.97. The van der Waals surface area contributed by atoms with Gasteiger partial charge in [0.25, 0.3) is 5.91 Å². The first-order valence-electron chi connectivity index (χ1n) is 5.60. The van der Waals surface area contributed by atoms with E-state index in [2.05, 4.69) is 21.2 Å². The number of nitrogen functional groups attached to an aromatic ring is 1. The Labute approximate surface area is 118 Å². The fraction of sp³-hybridized carbons (Fsp3) is 0.0714. The molecule has 19 heavy (non-hydrogen) atoms. The zero-order valence-electron chi connectivity index (χ0n) is 10.2. The van der Waals surface area contributed by atoms with Crippen molar-refractivity contribution in [2.24, 2.45) is 0 Å². The van der Waals surface area contributed by atoms with Crippen LogP contribution >= 0.6 is 15.9 Å². The van der Waals surface area contributed by atoms with Gasteiger partial charge in [0, 0.05) is 10.2 Å². The number of anilines is 2. The van der Waals surface area contributed by atoms with Crippen molar-refractivity contribution in [3.05, 3.63) is 57.8 Å². The molecule has 0 saturated heterocycles. The van der Waals surface area contributed by atoms with Crippen LogP contribution in [-0.4, -0.2) is 5.91 Å². The Morgan fingerprint density at radius 2 is 2.00 bits per heavy atom. The first kappa shape index (κ1) is 13.5. The number of nitrogens with one attached hydrogen (secondary N) is 1. The topological polar surface area (TPSA) is 55.1 Å². The lowest BCUT2D eigenvalue weighted by Crippen LogP contribution is -2.13. The second kappa shape index (κ2) is 5.40. The fourth-order valence-corrected chi connectivity index (χ4v) is 2.28. The van der Waals surface area contributed by atoms with E-state index >= 15 is 0 Å². The van der Waals surface area contributed by atoms with Crippen molar-refractivity contribution >= 4 is 33.2 Å². The summed E-state index contributed by atoms with van der Waals surface area (Å²) in [7, 11) is 0. The van der Waals surface area contributed by atoms with Crippen LogP contribution in [0.25, 0.3) is 0 Å². The van der Waals surface area contributed by atoms with Crippen LogP contribution < -0.4 is 11.1 Å². The van der Waals surface area contributed by atoms with E-state index < -0.39 is 5.82 Å². The molecule has 3 N–H and O–H groups in total. The molecule has 0 aromatic heterocycles. The van der Waals surface area contributed by atoms with Gasteiger partial charge in [-0.3, -0.25) is 4.79 Å². The van der Waals surface area contributed by atoms with Gasteiger partial charge >= 0.3 is 0 Å². The molecule has 2 rings (SSSR count). The Bertz CT molecular complexity index is 643. The Kier molecular flexibility index (Phi) is 3.85. The van der Waals surface area contributed by atoms with Crippen LogP contribution in [0.4, 0.5) is 15.8 Å². The van der Waals surface area contributed by atoms with Crippen LogP contribution in [0.15, 0.2) is 40.9 Å². The summed E-state index contributed by atoms with van der Waals surface area (Å²) >= 11 is 3.33. The average molecular weight is 323 g/mol. The normalized spacial score (nSPS) is 10.3. The van der Waals surface area contributed by atoms with E-state index in [4.69, 9.17) is 5.73 Å². The molecule has 98 valence electrons. The molecule has 0 fully saturated rings. The SMILES string of the molecule is Cc1ccc(C(=O)Nc2ccc(N)c(F)c2)c(Br)c1. The van der Waals surface area contributed by atoms with Crippen molar-refractivity contribution in [3.8, 4) is 0 Å². The van der Waals surface area contributed by atoms with Gasteiger partial charge < -0.3 is 11.1 Å². The maximum Gasteiger partial charge on any atom is 0.256 e. The minimum atomic E-state index is -0.555. The first-order valence-corrected chi connectivity index (χ1v) is 6.39. The highest BCUT2D eigenvalue weighted by Gasteiger charge is 2.11. The van der Waals surface area contributed by atoms with Gasteiger partial charge in [0.05, 0.1) is 11.3 Å². The number of nitrogens with two attached hydrogens (primary N) is 1. The molecule has 0 saturated carbocycles. The summed E-state index contributed by atoms with van der Waals surface area (Å²) in [6.45, 7) is 1.93. The number of carbonyl (C=O) groups excluding carboxylic acids is 1. The van der Waals surface area contributed by atoms with Gasteiger partial charge in [-0.25, -0.2) is 4.39 Å². The third kappa shape index (κ3) is 3.12. The second-order valence-electron chi connectivity index (χ2n) is 4.17. The largest absolute Gasteiger partial charge is 0.396 e. The number of carbonyl (C=O) groups is 1. The zero-order chi connectivity index (χ0) is 14.0. The maximum absolute atomic E-state index is 13.3. The van der Waals surface area contributed by atoms with E-state index in [1.807, 2.05) is 19.1 Å². The Morgan fingerprint density at radius 3 is 2.63 bits per heavy atom. The lowest BCUT2D eigenvalue weighted by molar-refractivity contribution is 0.102. The molecular formula is C14H12BrFN2O. The van der Waals surface area contributed by atoms with Crippen molar-refractivity contribution in [2.75, 3.05) is 11.1 Å². The van der Waals surface area contributed by atoms with E-state index in [0.29, 0.717) is 15.7 Å². The predicted octanol–water partition coefficient (Wildman–Crippen LogP) is 3.73. The van der Waals surface area contributed by atoms with Crippen LogP contribution in [-0.2, 0) is 0 Å². The molecule has 0 spiro atoms. The van der Waals surface area contributed by atoms with E-state index in [1.165, 1.54) is 12.1 Å². The lowest BCUT2D eigenvalue weighted by Gasteiger charge is -2.08. The third-order valence-electron chi connectivity index (χ3n) is 2.63. The molecule has 2 aromatic rings. The number of hydrogen-bond acceptors (Lipinski definition) is 2. The summed E-state index contributed by atoms with van der Waals surface area (Å²) in [6.07, 6.45) is 0. The van der Waals surface area contributed by atoms with Gasteiger partial charge in [0.2, 0.25) is 0 Å². The van der Waals surface area contributed by atoms with Crippen LogP contribution in [0.5, 0.6) is 0 Å². The highest BCUT2D eigenvalue weighted by Crippen LogP contribution is 2.21. The van der Waals surface area contributed by atoms with Crippen molar-refractivity contribution in [2.45, 2.75) is 6.92 Å². The number of aryl methyl sites for hydroxylation is 1. The summed E-state index contributed by atoms with van der Waals surface area (Å²) < 4.78 is 14.0. The molecule has 0 radical (unpaired) electrons. The molecule has 0 bridgehead atoms. The minimum absolute atomic E-state index is 0.0505. The lowest BCUT2D eigenvalue weighted by atomic mass is 10.1. The van der Waals surface area contributed by atoms with E-state index in [9.17, 15) is 9.18 Å². The quantitative estimate of drug-likeness (QED) is 0.828. The van der Waals surface area contributed by atoms with Gasteiger partial charge in [0.15, 0.2) is 0 Å². The molecule has 5 heteroatoms. The van der Waals surface area contributed by atoms with Gasteiger partial charge in [-0.1, -0.05) is 6.07 Å². The molecule has 0 aliphatic carbocycles. The number of benzene rings is 2. The Hall–Kier alpha value is -1.88. The van der Waals surface area contributed by atoms with Crippen LogP contribution in [0.1, 0.15) is 15.9 Å². The summed E-state index contributed by atoms with van der Waals surface area (Å²) in [6, 6.07) is 9.55. The average Bonchev–Trinajstić information content (AvgIpc) is 2.33. The molecule has 0 atom stereocenters. The molecule has 0 aliphatic heterocycles. The fourth-order valence-electron chi connectivity index (χ4n) is 1.61. The number of amides is 1. The summed E-state index contributed by atoms with van der Waals surface area (Å²) in [5, 5.41) is 2.62. The van der Waals surface area contributed by atoms with Crippen LogP contribution in [0.2, 0.25) is 0 Å². The van der Waals surface area contributed by atoms with Crippen molar-refractivity contribution in [3.63, 3.8) is 0 Å². The van der Waals surface area contributed by atoms with Gasteiger partial charge in [-0.2, -0.15) is 0 Å². The molecule has 1 amide bonds. The maximum atomic E-state index is 13.3. The smallest absolute Gasteiger partial charge is 0.256 e. The van der Waals surface area contributed by atoms with Gasteiger partial charge in [-0.15, -0.1) is 0 Å². The van der Waals surface area contributed by atoms with Gasteiger partial charge in [-0.05, 0) is 58.7 Å². The van der Waals surface area contributed by atoms with Crippen LogP contribution in [0.3, 0.4) is 0 Å². The monoisotopic (exact) mass is 322 g/mol. The molecule has 3 nitrogen and oxygen atoms in total. The van der Waals surface area contributed by atoms with Crippen LogP contribution in [0, 0.1) is 12.7 Å². The highest BCUT2D eigenvalue weighted by atomic mass is 79.9. The molecule has 0 heterocycles. The minimum Gasteiger partial charge on any atom is -0.396 e. The number of hydrogen-bond donors (Lipinski definition) is 2. The highest BCUT2D eigenvalue weighted by molar-refractivity contribution is 9.10. The van der Waals surface area contributed by atoms with E-state index in [0.717, 1.165) is 5.56 Å². The summed E-state index contributed by atoms with van der Waals surface area (Å²) in [5.41, 5.74) is 7.32. The number of halogens is 2.